The summed E-state index contributed by atoms with van der Waals surface area (Å²) in [4.78, 5) is 2.39. The van der Waals surface area contributed by atoms with Crippen LogP contribution in [0.2, 0.25) is 0 Å². The molecule has 12 heavy (non-hydrogen) atoms. The van der Waals surface area contributed by atoms with E-state index >= 15 is 0 Å². The van der Waals surface area contributed by atoms with Crippen molar-refractivity contribution in [3.63, 3.8) is 0 Å². The number of hydrogen-bond donors (Lipinski definition) is 1. The van der Waals surface area contributed by atoms with Crippen LogP contribution >= 0.6 is 0 Å². The molecule has 1 aliphatic carbocycles. The second-order valence-corrected chi connectivity index (χ2v) is 4.02. The molecule has 2 rings (SSSR count). The third kappa shape index (κ3) is 1.33. The quantitative estimate of drug-likeness (QED) is 0.641. The Balaban J connectivity index is 1.87. The van der Waals surface area contributed by atoms with Gasteiger partial charge in [-0.05, 0) is 25.2 Å². The highest BCUT2D eigenvalue weighted by Crippen LogP contribution is 2.36. The molecule has 3 nitrogen and oxygen atoms in total. The van der Waals surface area contributed by atoms with Crippen molar-refractivity contribution in [1.82, 2.24) is 4.90 Å². The summed E-state index contributed by atoms with van der Waals surface area (Å²) in [6.45, 7) is 1.96. The van der Waals surface area contributed by atoms with E-state index < -0.39 is 0 Å². The molecule has 66 valence electrons. The van der Waals surface area contributed by atoms with Gasteiger partial charge in [0.15, 0.2) is 0 Å². The van der Waals surface area contributed by atoms with Crippen LogP contribution < -0.4 is 5.73 Å². The maximum absolute atomic E-state index is 8.56. The van der Waals surface area contributed by atoms with Gasteiger partial charge in [-0.3, -0.25) is 4.90 Å². The Kier molecular flexibility index (Phi) is 2.03. The van der Waals surface area contributed by atoms with E-state index in [4.69, 9.17) is 11.0 Å². The van der Waals surface area contributed by atoms with Gasteiger partial charge in [0.2, 0.25) is 0 Å². The molecular formula is C9H15N3. The van der Waals surface area contributed by atoms with Crippen LogP contribution in [0.3, 0.4) is 0 Å². The summed E-state index contributed by atoms with van der Waals surface area (Å²) >= 11 is 0. The highest BCUT2D eigenvalue weighted by molar-refractivity contribution is 4.97. The highest BCUT2D eigenvalue weighted by atomic mass is 15.2. The number of likely N-dealkylation sites (tertiary alicyclic amines) is 1. The fourth-order valence-electron chi connectivity index (χ4n) is 2.54. The second kappa shape index (κ2) is 3.04. The number of piperidine rings is 1. The van der Waals surface area contributed by atoms with Crippen LogP contribution in [0, 0.1) is 17.2 Å². The summed E-state index contributed by atoms with van der Waals surface area (Å²) in [6, 6.07) is 2.54. The van der Waals surface area contributed by atoms with Crippen LogP contribution in [-0.2, 0) is 0 Å². The fraction of sp³-hybridized carbons (Fsp3) is 0.889. The topological polar surface area (TPSA) is 53.1 Å². The van der Waals surface area contributed by atoms with Crippen molar-refractivity contribution in [1.29, 1.82) is 5.26 Å². The average molecular weight is 165 g/mol. The van der Waals surface area contributed by atoms with E-state index in [1.165, 1.54) is 25.8 Å². The molecule has 2 bridgehead atoms. The van der Waals surface area contributed by atoms with Crippen molar-refractivity contribution in [2.75, 3.05) is 13.1 Å². The van der Waals surface area contributed by atoms with Crippen molar-refractivity contribution < 1.29 is 0 Å². The van der Waals surface area contributed by atoms with E-state index in [0.717, 1.165) is 18.5 Å². The van der Waals surface area contributed by atoms with Gasteiger partial charge in [-0.2, -0.15) is 5.26 Å². The van der Waals surface area contributed by atoms with Crippen molar-refractivity contribution in [2.45, 2.75) is 31.3 Å². The number of nitrogens with two attached hydrogens (primary N) is 1. The minimum atomic E-state index is -0.288. The summed E-state index contributed by atoms with van der Waals surface area (Å²) in [7, 11) is 0. The largest absolute Gasteiger partial charge is 0.315 e. The Morgan fingerprint density at radius 2 is 2.42 bits per heavy atom. The van der Waals surface area contributed by atoms with Crippen LogP contribution in [0.1, 0.15) is 19.3 Å². The van der Waals surface area contributed by atoms with Gasteiger partial charge < -0.3 is 5.73 Å². The molecule has 2 aliphatic rings. The van der Waals surface area contributed by atoms with E-state index in [2.05, 4.69) is 11.0 Å². The SMILES string of the molecule is N#CC(N)CN1CC2CCC1C2. The molecule has 0 radical (unpaired) electrons. The van der Waals surface area contributed by atoms with E-state index in [0.29, 0.717) is 0 Å². The molecule has 0 spiro atoms. The van der Waals surface area contributed by atoms with Gasteiger partial charge in [0.1, 0.15) is 6.04 Å². The summed E-state index contributed by atoms with van der Waals surface area (Å²) in [6.07, 6.45) is 4.06. The van der Waals surface area contributed by atoms with Crippen molar-refractivity contribution in [3.8, 4) is 6.07 Å². The average Bonchev–Trinajstić information content (AvgIpc) is 2.64. The van der Waals surface area contributed by atoms with E-state index in [-0.39, 0.29) is 6.04 Å². The van der Waals surface area contributed by atoms with Crippen LogP contribution in [-0.4, -0.2) is 30.1 Å². The summed E-state index contributed by atoms with van der Waals surface area (Å²) < 4.78 is 0. The van der Waals surface area contributed by atoms with Gasteiger partial charge in [-0.15, -0.1) is 0 Å². The lowest BCUT2D eigenvalue weighted by Gasteiger charge is -2.27. The minimum absolute atomic E-state index is 0.288. The first-order valence-electron chi connectivity index (χ1n) is 4.69. The predicted molar refractivity (Wildman–Crippen MR) is 46.3 cm³/mol. The zero-order valence-corrected chi connectivity index (χ0v) is 7.24. The first-order valence-corrected chi connectivity index (χ1v) is 4.69. The van der Waals surface area contributed by atoms with E-state index in [1.807, 2.05) is 0 Å². The normalized spacial score (nSPS) is 36.7. The number of nitrogens with zero attached hydrogens (tertiary/aromatic N) is 2. The smallest absolute Gasteiger partial charge is 0.106 e. The number of fused-ring (bicyclic) bond motifs is 2. The maximum Gasteiger partial charge on any atom is 0.106 e. The minimum Gasteiger partial charge on any atom is -0.315 e. The molecule has 0 aromatic heterocycles. The first-order chi connectivity index (χ1) is 5.79. The lowest BCUT2D eigenvalue weighted by molar-refractivity contribution is 0.210. The molecule has 3 unspecified atom stereocenters. The summed E-state index contributed by atoms with van der Waals surface area (Å²) in [5.74, 6) is 0.904. The standard InChI is InChI=1S/C9H15N3/c10-4-8(11)6-12-5-7-1-2-9(12)3-7/h7-9H,1-3,5-6,11H2. The van der Waals surface area contributed by atoms with Gasteiger partial charge in [0, 0.05) is 19.1 Å². The Morgan fingerprint density at radius 1 is 1.58 bits per heavy atom. The molecule has 0 aromatic rings. The lowest BCUT2D eigenvalue weighted by atomic mass is 10.1. The zero-order valence-electron chi connectivity index (χ0n) is 7.24. The van der Waals surface area contributed by atoms with Crippen LogP contribution in [0.25, 0.3) is 0 Å². The van der Waals surface area contributed by atoms with E-state index in [9.17, 15) is 0 Å². The summed E-state index contributed by atoms with van der Waals surface area (Å²) in [5.41, 5.74) is 5.58. The Morgan fingerprint density at radius 3 is 2.92 bits per heavy atom. The van der Waals surface area contributed by atoms with Gasteiger partial charge in [-0.25, -0.2) is 0 Å². The maximum atomic E-state index is 8.56. The molecule has 1 saturated carbocycles. The van der Waals surface area contributed by atoms with Crippen molar-refractivity contribution in [2.24, 2.45) is 11.7 Å². The van der Waals surface area contributed by atoms with Crippen LogP contribution in [0.5, 0.6) is 0 Å². The zero-order chi connectivity index (χ0) is 8.55. The Hall–Kier alpha value is -0.590. The molecule has 1 aliphatic heterocycles. The number of hydrogen-bond acceptors (Lipinski definition) is 3. The van der Waals surface area contributed by atoms with E-state index in [1.54, 1.807) is 0 Å². The van der Waals surface area contributed by atoms with Crippen LogP contribution in [0.4, 0.5) is 0 Å². The second-order valence-electron chi connectivity index (χ2n) is 4.02. The number of nitriles is 1. The highest BCUT2D eigenvalue weighted by Gasteiger charge is 2.37. The van der Waals surface area contributed by atoms with Gasteiger partial charge in [0.05, 0.1) is 6.07 Å². The Labute approximate surface area is 73.1 Å². The fourth-order valence-corrected chi connectivity index (χ4v) is 2.54. The first kappa shape index (κ1) is 8.03. The molecule has 2 fully saturated rings. The molecule has 3 atom stereocenters. The van der Waals surface area contributed by atoms with Crippen molar-refractivity contribution in [3.05, 3.63) is 0 Å². The van der Waals surface area contributed by atoms with Gasteiger partial charge >= 0.3 is 0 Å². The Bertz CT molecular complexity index is 208. The lowest BCUT2D eigenvalue weighted by Crippen LogP contribution is -2.40. The molecule has 0 aromatic carbocycles. The molecule has 2 N–H and O–H groups in total. The third-order valence-corrected chi connectivity index (χ3v) is 3.12. The predicted octanol–water partition coefficient (Wildman–Crippen LogP) is 0.322. The van der Waals surface area contributed by atoms with Crippen LogP contribution in [0.15, 0.2) is 0 Å². The number of rotatable bonds is 2. The summed E-state index contributed by atoms with van der Waals surface area (Å²) in [5, 5.41) is 8.56. The van der Waals surface area contributed by atoms with Gasteiger partial charge in [0.25, 0.3) is 0 Å². The van der Waals surface area contributed by atoms with Crippen molar-refractivity contribution >= 4 is 0 Å². The molecule has 3 heteroatoms. The molecule has 0 amide bonds. The molecule has 1 heterocycles. The molecule has 1 saturated heterocycles. The third-order valence-electron chi connectivity index (χ3n) is 3.12. The monoisotopic (exact) mass is 165 g/mol. The molecular weight excluding hydrogens is 150 g/mol. The van der Waals surface area contributed by atoms with Gasteiger partial charge in [-0.1, -0.05) is 0 Å².